The molecule has 8 heteroatoms. The van der Waals surface area contributed by atoms with Gasteiger partial charge < -0.3 is 5.73 Å². The number of rotatable bonds is 3. The number of hydrogen-bond donors (Lipinski definition) is 2. The van der Waals surface area contributed by atoms with Crippen LogP contribution in [0.15, 0.2) is 45.8 Å². The molecule has 2 aromatic carbocycles. The largest absolute Gasteiger partial charge is 0.399 e. The van der Waals surface area contributed by atoms with Crippen LogP contribution in [0.5, 0.6) is 0 Å². The van der Waals surface area contributed by atoms with E-state index < -0.39 is 20.7 Å². The first kappa shape index (κ1) is 15.1. The molecule has 0 unspecified atom stereocenters. The van der Waals surface area contributed by atoms with E-state index in [4.69, 9.17) is 17.3 Å². The molecule has 0 aromatic heterocycles. The molecule has 0 aliphatic heterocycles. The molecule has 0 fully saturated rings. The molecule has 2 rings (SSSR count). The van der Waals surface area contributed by atoms with Gasteiger partial charge in [-0.05, 0) is 46.3 Å². The monoisotopic (exact) mass is 378 g/mol. The van der Waals surface area contributed by atoms with E-state index in [9.17, 15) is 12.8 Å². The SMILES string of the molecule is Nc1ccc(S(=O)(=O)Nc2cccc(Cl)c2Br)c(F)c1. The molecule has 0 radical (unpaired) electrons. The zero-order valence-corrected chi connectivity index (χ0v) is 13.1. The minimum Gasteiger partial charge on any atom is -0.399 e. The average Bonchev–Trinajstić information content (AvgIpc) is 2.34. The number of benzene rings is 2. The van der Waals surface area contributed by atoms with Crippen LogP contribution in [0, 0.1) is 5.82 Å². The first-order valence-electron chi connectivity index (χ1n) is 5.33. The molecule has 20 heavy (non-hydrogen) atoms. The lowest BCUT2D eigenvalue weighted by molar-refractivity contribution is 0.571. The lowest BCUT2D eigenvalue weighted by Crippen LogP contribution is -2.15. The number of nitrogen functional groups attached to an aromatic ring is 1. The zero-order chi connectivity index (χ0) is 14.9. The van der Waals surface area contributed by atoms with E-state index >= 15 is 0 Å². The normalized spacial score (nSPS) is 11.3. The summed E-state index contributed by atoms with van der Waals surface area (Å²) in [5.74, 6) is -0.921. The van der Waals surface area contributed by atoms with E-state index in [1.165, 1.54) is 12.1 Å². The Hall–Kier alpha value is -1.31. The zero-order valence-electron chi connectivity index (χ0n) is 9.90. The molecule has 0 spiro atoms. The van der Waals surface area contributed by atoms with E-state index in [-0.39, 0.29) is 11.4 Å². The summed E-state index contributed by atoms with van der Waals surface area (Å²) in [6, 6.07) is 8.03. The van der Waals surface area contributed by atoms with Crippen molar-refractivity contribution >= 4 is 48.9 Å². The summed E-state index contributed by atoms with van der Waals surface area (Å²) >= 11 is 9.03. The highest BCUT2D eigenvalue weighted by Gasteiger charge is 2.20. The van der Waals surface area contributed by atoms with Crippen molar-refractivity contribution in [1.29, 1.82) is 0 Å². The van der Waals surface area contributed by atoms with Gasteiger partial charge in [0.2, 0.25) is 0 Å². The summed E-state index contributed by atoms with van der Waals surface area (Å²) in [5, 5.41) is 0.336. The summed E-state index contributed by atoms with van der Waals surface area (Å²) in [6.07, 6.45) is 0. The van der Waals surface area contributed by atoms with Crippen LogP contribution in [0.25, 0.3) is 0 Å². The lowest BCUT2D eigenvalue weighted by Gasteiger charge is -2.11. The Balaban J connectivity index is 2.44. The quantitative estimate of drug-likeness (QED) is 0.800. The number of nitrogens with one attached hydrogen (secondary N) is 1. The third-order valence-electron chi connectivity index (χ3n) is 2.44. The van der Waals surface area contributed by atoms with Crippen molar-refractivity contribution < 1.29 is 12.8 Å². The number of halogens is 3. The van der Waals surface area contributed by atoms with Crippen LogP contribution < -0.4 is 10.5 Å². The Morgan fingerprint density at radius 3 is 2.60 bits per heavy atom. The molecule has 0 heterocycles. The number of anilines is 2. The topological polar surface area (TPSA) is 72.2 Å². The molecule has 0 bridgehead atoms. The Kier molecular flexibility index (Phi) is 4.22. The predicted octanol–water partition coefficient (Wildman–Crippen LogP) is 3.62. The van der Waals surface area contributed by atoms with Gasteiger partial charge in [-0.3, -0.25) is 4.72 Å². The van der Waals surface area contributed by atoms with Crippen LogP contribution in [0.4, 0.5) is 15.8 Å². The van der Waals surface area contributed by atoms with Gasteiger partial charge in [-0.1, -0.05) is 17.7 Å². The van der Waals surface area contributed by atoms with Crippen molar-refractivity contribution in [2.45, 2.75) is 4.90 Å². The minimum absolute atomic E-state index is 0.144. The summed E-state index contributed by atoms with van der Waals surface area (Å²) in [5.41, 5.74) is 5.75. The Morgan fingerprint density at radius 2 is 1.95 bits per heavy atom. The third-order valence-corrected chi connectivity index (χ3v) is 5.24. The van der Waals surface area contributed by atoms with E-state index in [1.54, 1.807) is 12.1 Å². The maximum Gasteiger partial charge on any atom is 0.264 e. The van der Waals surface area contributed by atoms with E-state index in [0.29, 0.717) is 9.50 Å². The molecule has 0 atom stereocenters. The van der Waals surface area contributed by atoms with Crippen molar-refractivity contribution in [3.63, 3.8) is 0 Å². The lowest BCUT2D eigenvalue weighted by atomic mass is 10.3. The highest BCUT2D eigenvalue weighted by Crippen LogP contribution is 2.32. The Morgan fingerprint density at radius 1 is 1.25 bits per heavy atom. The molecule has 4 nitrogen and oxygen atoms in total. The second kappa shape index (κ2) is 5.59. The molecule has 0 aliphatic carbocycles. The van der Waals surface area contributed by atoms with Crippen LogP contribution in [0.2, 0.25) is 5.02 Å². The summed E-state index contributed by atoms with van der Waals surface area (Å²) < 4.78 is 40.6. The second-order valence-corrected chi connectivity index (χ2v) is 6.75. The van der Waals surface area contributed by atoms with Crippen molar-refractivity contribution in [3.05, 3.63) is 51.7 Å². The highest BCUT2D eigenvalue weighted by atomic mass is 79.9. The molecule has 2 aromatic rings. The summed E-state index contributed by atoms with van der Waals surface area (Å²) in [7, 11) is -4.07. The number of hydrogen-bond acceptors (Lipinski definition) is 3. The van der Waals surface area contributed by atoms with Crippen LogP contribution in [-0.4, -0.2) is 8.42 Å². The standard InChI is InChI=1S/C12H9BrClFN2O2S/c13-12-8(14)2-1-3-10(12)17-20(18,19)11-5-4-7(16)6-9(11)15/h1-6,17H,16H2. The Bertz CT molecular complexity index is 768. The molecule has 0 saturated heterocycles. The van der Waals surface area contributed by atoms with Gasteiger partial charge in [0.1, 0.15) is 10.7 Å². The number of sulfonamides is 1. The van der Waals surface area contributed by atoms with E-state index in [2.05, 4.69) is 20.7 Å². The van der Waals surface area contributed by atoms with Gasteiger partial charge in [0, 0.05) is 5.69 Å². The molecular weight excluding hydrogens is 371 g/mol. The second-order valence-electron chi connectivity index (χ2n) is 3.90. The van der Waals surface area contributed by atoms with Gasteiger partial charge in [-0.25, -0.2) is 12.8 Å². The fourth-order valence-corrected chi connectivity index (χ4v) is 3.32. The van der Waals surface area contributed by atoms with Gasteiger partial charge in [-0.2, -0.15) is 0 Å². The molecule has 106 valence electrons. The maximum atomic E-state index is 13.7. The fraction of sp³-hybridized carbons (Fsp3) is 0. The summed E-state index contributed by atoms with van der Waals surface area (Å²) in [6.45, 7) is 0. The van der Waals surface area contributed by atoms with Crippen LogP contribution in [-0.2, 0) is 10.0 Å². The van der Waals surface area contributed by atoms with Gasteiger partial charge in [0.05, 0.1) is 15.2 Å². The summed E-state index contributed by atoms with van der Waals surface area (Å²) in [4.78, 5) is -0.487. The highest BCUT2D eigenvalue weighted by molar-refractivity contribution is 9.10. The smallest absolute Gasteiger partial charge is 0.264 e. The van der Waals surface area contributed by atoms with Gasteiger partial charge in [0.15, 0.2) is 0 Å². The van der Waals surface area contributed by atoms with Crippen molar-refractivity contribution in [3.8, 4) is 0 Å². The molecule has 0 saturated carbocycles. The minimum atomic E-state index is -4.07. The van der Waals surface area contributed by atoms with Crippen molar-refractivity contribution in [1.82, 2.24) is 0 Å². The molecule has 0 amide bonds. The maximum absolute atomic E-state index is 13.7. The predicted molar refractivity (Wildman–Crippen MR) is 80.8 cm³/mol. The van der Waals surface area contributed by atoms with Crippen LogP contribution >= 0.6 is 27.5 Å². The van der Waals surface area contributed by atoms with Gasteiger partial charge in [0.25, 0.3) is 10.0 Å². The van der Waals surface area contributed by atoms with Crippen molar-refractivity contribution in [2.24, 2.45) is 0 Å². The van der Waals surface area contributed by atoms with Crippen LogP contribution in [0.1, 0.15) is 0 Å². The van der Waals surface area contributed by atoms with Gasteiger partial charge in [-0.15, -0.1) is 0 Å². The first-order chi connectivity index (χ1) is 9.31. The van der Waals surface area contributed by atoms with Crippen molar-refractivity contribution in [2.75, 3.05) is 10.5 Å². The average molecular weight is 380 g/mol. The van der Waals surface area contributed by atoms with E-state index in [0.717, 1.165) is 12.1 Å². The molecular formula is C12H9BrClFN2O2S. The first-order valence-corrected chi connectivity index (χ1v) is 7.98. The fourth-order valence-electron chi connectivity index (χ4n) is 1.52. The molecule has 0 aliphatic rings. The number of nitrogens with two attached hydrogens (primary N) is 1. The molecule has 3 N–H and O–H groups in total. The van der Waals surface area contributed by atoms with E-state index in [1.807, 2.05) is 0 Å². The van der Waals surface area contributed by atoms with Gasteiger partial charge >= 0.3 is 0 Å². The Labute approximate surface area is 128 Å². The van der Waals surface area contributed by atoms with Crippen LogP contribution in [0.3, 0.4) is 0 Å². The third kappa shape index (κ3) is 3.05.